The van der Waals surface area contributed by atoms with Gasteiger partial charge in [0.25, 0.3) is 0 Å². The van der Waals surface area contributed by atoms with Gasteiger partial charge in [-0.1, -0.05) is 0 Å². The summed E-state index contributed by atoms with van der Waals surface area (Å²) in [6.45, 7) is 1.99. The van der Waals surface area contributed by atoms with Gasteiger partial charge in [-0.25, -0.2) is 8.42 Å². The average Bonchev–Trinajstić information content (AvgIpc) is 2.65. The molecule has 0 aliphatic carbocycles. The number of nitrogens with one attached hydrogen (secondary N) is 1. The lowest BCUT2D eigenvalue weighted by molar-refractivity contribution is 0.435. The summed E-state index contributed by atoms with van der Waals surface area (Å²) < 4.78 is 26.5. The van der Waals surface area contributed by atoms with Gasteiger partial charge in [0.05, 0.1) is 4.90 Å². The fraction of sp³-hybridized carbons (Fsp3) is 0.636. The molecule has 1 N–H and O–H groups in total. The summed E-state index contributed by atoms with van der Waals surface area (Å²) in [7, 11) is -1.42. The number of thiophene rings is 1. The van der Waals surface area contributed by atoms with Gasteiger partial charge < -0.3 is 5.32 Å². The highest BCUT2D eigenvalue weighted by molar-refractivity contribution is 7.99. The topological polar surface area (TPSA) is 49.4 Å². The van der Waals surface area contributed by atoms with Crippen molar-refractivity contribution in [1.82, 2.24) is 9.62 Å². The summed E-state index contributed by atoms with van der Waals surface area (Å²) in [5.41, 5.74) is 0. The van der Waals surface area contributed by atoms with Crippen LogP contribution in [-0.2, 0) is 16.6 Å². The standard InChI is InChI=1S/C11H18N2O2S3/c1-12-8-10-7-11(9-17-10)18(14,15)13-3-2-5-16-6-4-13/h7,9,12H,2-6,8H2,1H3. The predicted octanol–water partition coefficient (Wildman–Crippen LogP) is 1.60. The highest BCUT2D eigenvalue weighted by atomic mass is 32.2. The molecular formula is C11H18N2O2S3. The first-order valence-electron chi connectivity index (χ1n) is 5.94. The van der Waals surface area contributed by atoms with E-state index in [1.54, 1.807) is 15.8 Å². The summed E-state index contributed by atoms with van der Waals surface area (Å²) in [4.78, 5) is 1.50. The quantitative estimate of drug-likeness (QED) is 0.918. The van der Waals surface area contributed by atoms with Crippen LogP contribution < -0.4 is 5.32 Å². The van der Waals surface area contributed by atoms with Crippen LogP contribution in [0.4, 0.5) is 0 Å². The van der Waals surface area contributed by atoms with Crippen molar-refractivity contribution < 1.29 is 8.42 Å². The lowest BCUT2D eigenvalue weighted by Crippen LogP contribution is -2.32. The molecule has 0 spiro atoms. The van der Waals surface area contributed by atoms with Gasteiger partial charge in [-0.2, -0.15) is 16.1 Å². The average molecular weight is 306 g/mol. The second kappa shape index (κ2) is 6.38. The molecule has 1 fully saturated rings. The highest BCUT2D eigenvalue weighted by Crippen LogP contribution is 2.24. The van der Waals surface area contributed by atoms with E-state index in [0.717, 1.165) is 29.3 Å². The summed E-state index contributed by atoms with van der Waals surface area (Å²) in [6.07, 6.45) is 0.942. The molecule has 0 saturated carbocycles. The molecule has 1 saturated heterocycles. The Morgan fingerprint density at radius 1 is 1.39 bits per heavy atom. The van der Waals surface area contributed by atoms with E-state index in [2.05, 4.69) is 5.32 Å². The summed E-state index contributed by atoms with van der Waals surface area (Å²) >= 11 is 3.33. The van der Waals surface area contributed by atoms with Crippen molar-refractivity contribution in [3.63, 3.8) is 0 Å². The molecule has 0 atom stereocenters. The summed E-state index contributed by atoms with van der Waals surface area (Å²) in [5.74, 6) is 1.95. The van der Waals surface area contributed by atoms with E-state index in [0.29, 0.717) is 18.0 Å². The Kier molecular flexibility index (Phi) is 5.08. The number of nitrogens with zero attached hydrogens (tertiary/aromatic N) is 1. The molecule has 0 unspecified atom stereocenters. The van der Waals surface area contributed by atoms with Crippen LogP contribution in [0.2, 0.25) is 0 Å². The van der Waals surface area contributed by atoms with Crippen LogP contribution in [-0.4, -0.2) is 44.4 Å². The van der Waals surface area contributed by atoms with E-state index < -0.39 is 10.0 Å². The third-order valence-electron chi connectivity index (χ3n) is 2.80. The minimum Gasteiger partial charge on any atom is -0.315 e. The number of hydrogen-bond acceptors (Lipinski definition) is 5. The SMILES string of the molecule is CNCc1cc(S(=O)(=O)N2CCCSCC2)cs1. The van der Waals surface area contributed by atoms with Gasteiger partial charge in [0.15, 0.2) is 0 Å². The first-order valence-corrected chi connectivity index (χ1v) is 9.42. The van der Waals surface area contributed by atoms with Crippen molar-refractivity contribution in [2.45, 2.75) is 17.9 Å². The first-order chi connectivity index (χ1) is 8.64. The Balaban J connectivity index is 2.17. The molecule has 2 heterocycles. The van der Waals surface area contributed by atoms with Gasteiger partial charge >= 0.3 is 0 Å². The molecule has 0 aromatic carbocycles. The molecule has 1 aromatic heterocycles. The van der Waals surface area contributed by atoms with Crippen LogP contribution in [0.5, 0.6) is 0 Å². The molecule has 2 rings (SSSR count). The lowest BCUT2D eigenvalue weighted by Gasteiger charge is -2.18. The molecule has 0 bridgehead atoms. The van der Waals surface area contributed by atoms with E-state index in [4.69, 9.17) is 0 Å². The zero-order chi connectivity index (χ0) is 13.0. The molecule has 7 heteroatoms. The molecule has 1 aromatic rings. The predicted molar refractivity (Wildman–Crippen MR) is 77.8 cm³/mol. The van der Waals surface area contributed by atoms with Crippen LogP contribution in [0.1, 0.15) is 11.3 Å². The Morgan fingerprint density at radius 3 is 3.00 bits per heavy atom. The zero-order valence-electron chi connectivity index (χ0n) is 10.4. The maximum Gasteiger partial charge on any atom is 0.243 e. The number of rotatable bonds is 4. The van der Waals surface area contributed by atoms with Crippen LogP contribution in [0, 0.1) is 0 Å². The van der Waals surface area contributed by atoms with Crippen molar-refractivity contribution in [2.75, 3.05) is 31.6 Å². The molecule has 0 amide bonds. The van der Waals surface area contributed by atoms with E-state index in [1.165, 1.54) is 11.3 Å². The van der Waals surface area contributed by atoms with Crippen molar-refractivity contribution in [3.8, 4) is 0 Å². The molecule has 102 valence electrons. The Bertz CT molecular complexity index is 476. The van der Waals surface area contributed by atoms with Crippen LogP contribution in [0.15, 0.2) is 16.3 Å². The molecule has 1 aliphatic heterocycles. The first kappa shape index (κ1) is 14.3. The lowest BCUT2D eigenvalue weighted by atomic mass is 10.5. The molecular weight excluding hydrogens is 288 g/mol. The van der Waals surface area contributed by atoms with E-state index in [-0.39, 0.29) is 0 Å². The van der Waals surface area contributed by atoms with Crippen LogP contribution in [0.25, 0.3) is 0 Å². The monoisotopic (exact) mass is 306 g/mol. The second-order valence-electron chi connectivity index (χ2n) is 4.15. The van der Waals surface area contributed by atoms with Gasteiger partial charge in [-0.15, -0.1) is 11.3 Å². The van der Waals surface area contributed by atoms with E-state index in [9.17, 15) is 8.42 Å². The maximum absolute atomic E-state index is 12.5. The number of thioether (sulfide) groups is 1. The molecule has 4 nitrogen and oxygen atoms in total. The molecule has 0 radical (unpaired) electrons. The van der Waals surface area contributed by atoms with Gasteiger partial charge in [-0.3, -0.25) is 0 Å². The van der Waals surface area contributed by atoms with Crippen molar-refractivity contribution in [1.29, 1.82) is 0 Å². The smallest absolute Gasteiger partial charge is 0.243 e. The molecule has 1 aliphatic rings. The van der Waals surface area contributed by atoms with Crippen LogP contribution >= 0.6 is 23.1 Å². The maximum atomic E-state index is 12.5. The number of hydrogen-bond donors (Lipinski definition) is 1. The van der Waals surface area contributed by atoms with Crippen molar-refractivity contribution in [3.05, 3.63) is 16.3 Å². The van der Waals surface area contributed by atoms with Crippen molar-refractivity contribution in [2.24, 2.45) is 0 Å². The fourth-order valence-electron chi connectivity index (χ4n) is 1.88. The second-order valence-corrected chi connectivity index (χ2v) is 8.31. The highest BCUT2D eigenvalue weighted by Gasteiger charge is 2.26. The van der Waals surface area contributed by atoms with E-state index >= 15 is 0 Å². The minimum atomic E-state index is -3.28. The fourth-order valence-corrected chi connectivity index (χ4v) is 5.63. The van der Waals surface area contributed by atoms with Gasteiger partial charge in [-0.05, 0) is 25.3 Å². The minimum absolute atomic E-state index is 0.449. The third kappa shape index (κ3) is 3.27. The summed E-state index contributed by atoms with van der Waals surface area (Å²) in [6, 6.07) is 1.79. The van der Waals surface area contributed by atoms with Gasteiger partial charge in [0.2, 0.25) is 10.0 Å². The van der Waals surface area contributed by atoms with Gasteiger partial charge in [0, 0.05) is 35.6 Å². The molecule has 18 heavy (non-hydrogen) atoms. The Labute approximate surface area is 117 Å². The largest absolute Gasteiger partial charge is 0.315 e. The zero-order valence-corrected chi connectivity index (χ0v) is 12.8. The third-order valence-corrected chi connectivity index (χ3v) is 6.81. The van der Waals surface area contributed by atoms with Gasteiger partial charge in [0.1, 0.15) is 0 Å². The van der Waals surface area contributed by atoms with Crippen LogP contribution in [0.3, 0.4) is 0 Å². The normalized spacial score (nSPS) is 18.7. The Morgan fingerprint density at radius 2 is 2.22 bits per heavy atom. The summed E-state index contributed by atoms with van der Waals surface area (Å²) in [5, 5.41) is 4.79. The van der Waals surface area contributed by atoms with Crippen molar-refractivity contribution >= 4 is 33.1 Å². The number of sulfonamides is 1. The Hall–Kier alpha value is -0.0800. The van der Waals surface area contributed by atoms with E-state index in [1.807, 2.05) is 18.8 Å².